The molecule has 1 aliphatic rings. The van der Waals surface area contributed by atoms with Crippen molar-refractivity contribution in [2.45, 2.75) is 39.2 Å². The molecule has 27 heavy (non-hydrogen) atoms. The first kappa shape index (κ1) is 20.2. The SMILES string of the molecule is Cc1cccc(C)c1N1[CH]CN(CC(O)CCCc2ccccc2Cl)CC1. The monoisotopic (exact) mass is 385 g/mol. The van der Waals surface area contributed by atoms with E-state index in [0.29, 0.717) is 0 Å². The van der Waals surface area contributed by atoms with Crippen LogP contribution in [0.2, 0.25) is 5.02 Å². The molecule has 1 atom stereocenters. The van der Waals surface area contributed by atoms with Crippen LogP contribution in [0.1, 0.15) is 29.5 Å². The van der Waals surface area contributed by atoms with Crippen LogP contribution in [0, 0.1) is 20.4 Å². The highest BCUT2D eigenvalue weighted by Gasteiger charge is 2.21. The van der Waals surface area contributed by atoms with E-state index in [2.05, 4.69) is 54.5 Å². The molecule has 0 amide bonds. The van der Waals surface area contributed by atoms with Crippen LogP contribution in [0.15, 0.2) is 42.5 Å². The van der Waals surface area contributed by atoms with Gasteiger partial charge >= 0.3 is 0 Å². The van der Waals surface area contributed by atoms with Crippen molar-refractivity contribution >= 4 is 17.3 Å². The van der Waals surface area contributed by atoms with E-state index in [9.17, 15) is 5.11 Å². The number of piperazine rings is 1. The van der Waals surface area contributed by atoms with E-state index < -0.39 is 0 Å². The minimum atomic E-state index is -0.285. The molecular weight excluding hydrogens is 356 g/mol. The first-order valence-electron chi connectivity index (χ1n) is 9.84. The topological polar surface area (TPSA) is 26.7 Å². The number of aryl methyl sites for hydroxylation is 3. The summed E-state index contributed by atoms with van der Waals surface area (Å²) in [6.07, 6.45) is 2.40. The van der Waals surface area contributed by atoms with Crippen molar-refractivity contribution in [1.29, 1.82) is 0 Å². The lowest BCUT2D eigenvalue weighted by Gasteiger charge is -2.37. The number of β-amino-alcohol motifs (C(OH)–C–C–N with tert-alkyl or cyclic N) is 1. The Labute approximate surface area is 168 Å². The molecule has 1 aliphatic heterocycles. The number of hydrogen-bond donors (Lipinski definition) is 1. The zero-order valence-electron chi connectivity index (χ0n) is 16.4. The number of benzene rings is 2. The molecule has 1 saturated heterocycles. The molecule has 3 rings (SSSR count). The van der Waals surface area contributed by atoms with E-state index >= 15 is 0 Å². The highest BCUT2D eigenvalue weighted by atomic mass is 35.5. The van der Waals surface area contributed by atoms with Crippen molar-refractivity contribution in [1.82, 2.24) is 4.90 Å². The van der Waals surface area contributed by atoms with E-state index in [0.717, 1.165) is 50.5 Å². The van der Waals surface area contributed by atoms with Crippen LogP contribution in [-0.2, 0) is 6.42 Å². The number of anilines is 1. The van der Waals surface area contributed by atoms with E-state index in [1.165, 1.54) is 22.4 Å². The molecule has 1 radical (unpaired) electrons. The van der Waals surface area contributed by atoms with Gasteiger partial charge in [0.2, 0.25) is 0 Å². The van der Waals surface area contributed by atoms with Crippen LogP contribution in [0.3, 0.4) is 0 Å². The summed E-state index contributed by atoms with van der Waals surface area (Å²) in [6.45, 7) is 10.2. The Morgan fingerprint density at radius 3 is 2.44 bits per heavy atom. The van der Waals surface area contributed by atoms with Crippen LogP contribution < -0.4 is 4.90 Å². The minimum Gasteiger partial charge on any atom is -0.392 e. The normalized spacial score (nSPS) is 16.5. The Balaban J connectivity index is 1.42. The Morgan fingerprint density at radius 1 is 1.04 bits per heavy atom. The molecule has 1 N–H and O–H groups in total. The van der Waals surface area contributed by atoms with Crippen LogP contribution in [0.5, 0.6) is 0 Å². The average Bonchev–Trinajstić information content (AvgIpc) is 2.64. The van der Waals surface area contributed by atoms with E-state index in [4.69, 9.17) is 11.6 Å². The highest BCUT2D eigenvalue weighted by Crippen LogP contribution is 2.27. The fourth-order valence-electron chi connectivity index (χ4n) is 3.89. The Kier molecular flexibility index (Phi) is 7.17. The molecule has 1 heterocycles. The molecule has 0 spiro atoms. The lowest BCUT2D eigenvalue weighted by atomic mass is 10.0. The van der Waals surface area contributed by atoms with Gasteiger partial charge in [-0.15, -0.1) is 0 Å². The van der Waals surface area contributed by atoms with Crippen molar-refractivity contribution in [2.75, 3.05) is 31.1 Å². The summed E-state index contributed by atoms with van der Waals surface area (Å²) in [7, 11) is 0. The third-order valence-electron chi connectivity index (χ3n) is 5.35. The third kappa shape index (κ3) is 5.47. The fraction of sp³-hybridized carbons (Fsp3) is 0.435. The van der Waals surface area contributed by atoms with Gasteiger partial charge in [0.15, 0.2) is 0 Å². The summed E-state index contributed by atoms with van der Waals surface area (Å²) < 4.78 is 0. The number of halogens is 1. The number of nitrogens with zero attached hydrogens (tertiary/aromatic N) is 2. The maximum Gasteiger partial charge on any atom is 0.0667 e. The molecule has 1 fully saturated rings. The van der Waals surface area contributed by atoms with Gasteiger partial charge in [-0.05, 0) is 55.9 Å². The largest absolute Gasteiger partial charge is 0.392 e. The summed E-state index contributed by atoms with van der Waals surface area (Å²) in [5.74, 6) is 0. The second kappa shape index (κ2) is 9.59. The van der Waals surface area contributed by atoms with Gasteiger partial charge in [-0.25, -0.2) is 0 Å². The maximum atomic E-state index is 10.4. The first-order valence-corrected chi connectivity index (χ1v) is 10.2. The number of aliphatic hydroxyl groups excluding tert-OH is 1. The van der Waals surface area contributed by atoms with Crippen molar-refractivity contribution in [2.24, 2.45) is 0 Å². The lowest BCUT2D eigenvalue weighted by Crippen LogP contribution is -2.46. The molecule has 1 unspecified atom stereocenters. The van der Waals surface area contributed by atoms with Gasteiger partial charge in [-0.1, -0.05) is 48.0 Å². The summed E-state index contributed by atoms with van der Waals surface area (Å²) >= 11 is 6.20. The maximum absolute atomic E-state index is 10.4. The molecule has 0 bridgehead atoms. The van der Waals surface area contributed by atoms with Gasteiger partial charge in [0.25, 0.3) is 0 Å². The Hall–Kier alpha value is -1.55. The molecular formula is C23H30ClN2O. The van der Waals surface area contributed by atoms with Crippen LogP contribution in [0.25, 0.3) is 0 Å². The average molecular weight is 386 g/mol. The third-order valence-corrected chi connectivity index (χ3v) is 5.72. The molecule has 145 valence electrons. The van der Waals surface area contributed by atoms with Gasteiger partial charge < -0.3 is 10.0 Å². The molecule has 2 aromatic carbocycles. The summed E-state index contributed by atoms with van der Waals surface area (Å²) in [6, 6.07) is 14.4. The molecule has 3 nitrogen and oxygen atoms in total. The zero-order chi connectivity index (χ0) is 19.2. The molecule has 0 aromatic heterocycles. The van der Waals surface area contributed by atoms with Crippen molar-refractivity contribution in [3.63, 3.8) is 0 Å². The number of aliphatic hydroxyl groups is 1. The molecule has 0 saturated carbocycles. The molecule has 4 heteroatoms. The van der Waals surface area contributed by atoms with Crippen LogP contribution in [-0.4, -0.2) is 42.3 Å². The zero-order valence-corrected chi connectivity index (χ0v) is 17.1. The Bertz CT molecular complexity index is 721. The first-order chi connectivity index (χ1) is 13.0. The molecule has 0 aliphatic carbocycles. The van der Waals surface area contributed by atoms with E-state index in [1.807, 2.05) is 18.2 Å². The second-order valence-electron chi connectivity index (χ2n) is 7.51. The van der Waals surface area contributed by atoms with Crippen molar-refractivity contribution in [3.05, 3.63) is 70.7 Å². The van der Waals surface area contributed by atoms with Gasteiger partial charge in [-0.3, -0.25) is 4.90 Å². The number of para-hydroxylation sites is 1. The van der Waals surface area contributed by atoms with Gasteiger partial charge in [0, 0.05) is 36.9 Å². The lowest BCUT2D eigenvalue weighted by molar-refractivity contribution is 0.104. The van der Waals surface area contributed by atoms with E-state index in [-0.39, 0.29) is 6.10 Å². The second-order valence-corrected chi connectivity index (χ2v) is 7.92. The summed E-state index contributed by atoms with van der Waals surface area (Å²) in [4.78, 5) is 4.70. The van der Waals surface area contributed by atoms with Gasteiger partial charge in [-0.2, -0.15) is 0 Å². The standard InChI is InChI=1S/C23H30ClN2O/c1-18-7-5-8-19(2)23(18)26-15-13-25(14-16-26)17-21(27)11-6-10-20-9-3-4-12-22(20)24/h3-5,7-9,12,15,21,27H,6,10-11,13-14,16-17H2,1-2H3. The number of rotatable bonds is 7. The quantitative estimate of drug-likeness (QED) is 0.753. The predicted molar refractivity (Wildman–Crippen MR) is 114 cm³/mol. The summed E-state index contributed by atoms with van der Waals surface area (Å²) in [5.41, 5.74) is 5.14. The number of hydrogen-bond acceptors (Lipinski definition) is 3. The highest BCUT2D eigenvalue weighted by molar-refractivity contribution is 6.31. The predicted octanol–water partition coefficient (Wildman–Crippen LogP) is 4.62. The van der Waals surface area contributed by atoms with Crippen molar-refractivity contribution in [3.8, 4) is 0 Å². The smallest absolute Gasteiger partial charge is 0.0667 e. The van der Waals surface area contributed by atoms with Crippen molar-refractivity contribution < 1.29 is 5.11 Å². The van der Waals surface area contributed by atoms with Gasteiger partial charge in [0.05, 0.1) is 12.6 Å². The fourth-order valence-corrected chi connectivity index (χ4v) is 4.12. The Morgan fingerprint density at radius 2 is 1.78 bits per heavy atom. The summed E-state index contributed by atoms with van der Waals surface area (Å²) in [5, 5.41) is 11.2. The van der Waals surface area contributed by atoms with Gasteiger partial charge in [0.1, 0.15) is 0 Å². The minimum absolute atomic E-state index is 0.285. The molecule has 2 aromatic rings. The van der Waals surface area contributed by atoms with Crippen LogP contribution in [0.4, 0.5) is 5.69 Å². The van der Waals surface area contributed by atoms with Crippen LogP contribution >= 0.6 is 11.6 Å². The van der Waals surface area contributed by atoms with E-state index in [1.54, 1.807) is 0 Å².